The third-order valence-electron chi connectivity index (χ3n) is 8.27. The number of carbonyl (C=O) groups is 1. The van der Waals surface area contributed by atoms with Crippen LogP contribution in [-0.2, 0) is 39.7 Å². The van der Waals surface area contributed by atoms with Crippen molar-refractivity contribution in [2.75, 3.05) is 34.4 Å². The van der Waals surface area contributed by atoms with Gasteiger partial charge in [-0.2, -0.15) is 60.7 Å². The zero-order chi connectivity index (χ0) is 44.5. The van der Waals surface area contributed by atoms with Crippen molar-refractivity contribution in [3.63, 3.8) is 0 Å². The van der Waals surface area contributed by atoms with E-state index in [-0.39, 0.29) is 83.6 Å². The first kappa shape index (κ1) is 45.4. The predicted octanol–water partition coefficient (Wildman–Crippen LogP) is 6.76. The Hall–Kier alpha value is -6.08. The van der Waals surface area contributed by atoms with Crippen LogP contribution in [0, 0.1) is 0 Å². The highest BCUT2D eigenvalue weighted by molar-refractivity contribution is 7.94. The number of azo groups is 2. The third kappa shape index (κ3) is 12.7. The molecular formula is C34H32N10O14S4. The van der Waals surface area contributed by atoms with E-state index < -0.39 is 46.4 Å². The summed E-state index contributed by atoms with van der Waals surface area (Å²) in [5, 5.41) is 33.0. The molecule has 62 heavy (non-hydrogen) atoms. The van der Waals surface area contributed by atoms with E-state index in [1.807, 2.05) is 0 Å². The van der Waals surface area contributed by atoms with Gasteiger partial charge in [-0.05, 0) is 73.2 Å². The van der Waals surface area contributed by atoms with E-state index >= 15 is 0 Å². The van der Waals surface area contributed by atoms with E-state index in [4.69, 9.17) is 9.99 Å². The Balaban J connectivity index is 1.31. The van der Waals surface area contributed by atoms with Crippen LogP contribution in [0.5, 0.6) is 5.75 Å². The van der Waals surface area contributed by atoms with Gasteiger partial charge in [0.05, 0.1) is 63.4 Å². The van der Waals surface area contributed by atoms with E-state index in [0.29, 0.717) is 16.9 Å². The van der Waals surface area contributed by atoms with E-state index in [1.165, 1.54) is 59.5 Å². The van der Waals surface area contributed by atoms with E-state index in [2.05, 4.69) is 55.4 Å². The van der Waals surface area contributed by atoms with Gasteiger partial charge in [-0.25, -0.2) is 5.26 Å². The number of aldehydes is 1. The summed E-state index contributed by atoms with van der Waals surface area (Å²) in [6.45, 7) is -0.0627. The van der Waals surface area contributed by atoms with E-state index in [1.54, 1.807) is 24.3 Å². The number of aromatic nitrogens is 3. The highest BCUT2D eigenvalue weighted by Crippen LogP contribution is 2.35. The lowest BCUT2D eigenvalue weighted by molar-refractivity contribution is -0.432. The summed E-state index contributed by atoms with van der Waals surface area (Å²) >= 11 is 0.717. The molecule has 0 bridgehead atoms. The molecule has 1 atom stereocenters. The molecule has 1 saturated heterocycles. The Kier molecular flexibility index (Phi) is 14.5. The molecule has 24 nitrogen and oxygen atoms in total. The molecule has 0 spiro atoms. The molecule has 6 rings (SSSR count). The van der Waals surface area contributed by atoms with E-state index in [9.17, 15) is 43.7 Å². The molecule has 6 N–H and O–H groups in total. The van der Waals surface area contributed by atoms with Gasteiger partial charge in [0.25, 0.3) is 30.4 Å². The summed E-state index contributed by atoms with van der Waals surface area (Å²) in [5.74, 6) is -1.09. The van der Waals surface area contributed by atoms with Crippen LogP contribution in [0.2, 0.25) is 0 Å². The number of anilines is 5. The first-order valence-corrected chi connectivity index (χ1v) is 22.8. The summed E-state index contributed by atoms with van der Waals surface area (Å²) in [4.78, 5) is 26.7. The molecule has 0 amide bonds. The average Bonchev–Trinajstić information content (AvgIpc) is 3.19. The zero-order valence-electron chi connectivity index (χ0n) is 31.4. The molecule has 28 heteroatoms. The number of nitrogens with one attached hydrogen (secondary N) is 2. The van der Waals surface area contributed by atoms with Crippen molar-refractivity contribution < 1.29 is 63.1 Å². The summed E-state index contributed by atoms with van der Waals surface area (Å²) in [5.41, 5.74) is 1.30. The van der Waals surface area contributed by atoms with E-state index in [0.717, 1.165) is 18.1 Å². The lowest BCUT2D eigenvalue weighted by Gasteiger charge is -2.38. The van der Waals surface area contributed by atoms with Crippen molar-refractivity contribution in [3.8, 4) is 5.75 Å². The predicted molar refractivity (Wildman–Crippen MR) is 220 cm³/mol. The van der Waals surface area contributed by atoms with Gasteiger partial charge in [-0.15, -0.1) is 4.33 Å². The fourth-order valence-electron chi connectivity index (χ4n) is 5.38. The number of ether oxygens (including phenoxy) is 1. The molecule has 2 heterocycles. The lowest BCUT2D eigenvalue weighted by Crippen LogP contribution is -2.53. The normalized spacial score (nSPS) is 14.5. The molecule has 1 aliphatic rings. The largest absolute Gasteiger partial charge is 0.491 e. The van der Waals surface area contributed by atoms with Gasteiger partial charge >= 0.3 is 0 Å². The molecule has 0 radical (unpaired) electrons. The number of hydrogen-bond acceptors (Lipinski definition) is 22. The second-order valence-electron chi connectivity index (χ2n) is 12.6. The Morgan fingerprint density at radius 1 is 0.774 bits per heavy atom. The second kappa shape index (κ2) is 19.7. The minimum atomic E-state index is -4.57. The van der Waals surface area contributed by atoms with Gasteiger partial charge in [0.2, 0.25) is 17.8 Å². The van der Waals surface area contributed by atoms with Crippen LogP contribution >= 0.6 is 12.0 Å². The first-order chi connectivity index (χ1) is 29.5. The molecule has 1 aromatic heterocycles. The van der Waals surface area contributed by atoms with Crippen molar-refractivity contribution in [2.24, 2.45) is 20.5 Å². The average molecular weight is 933 g/mol. The number of nitrogens with zero attached hydrogens (tertiary/aromatic N) is 8. The van der Waals surface area contributed by atoms with Gasteiger partial charge in [0, 0.05) is 29.5 Å². The maximum Gasteiger partial charge on any atom is 0.294 e. The number of carbonyl (C=O) groups excluding carboxylic acids is 1. The SMILES string of the molecule is O=Cc1cc(N=Nc2cccc(S(=O)(=O)O)c2)ccc1Nc1nc(Nc2ccc(N=Nc3cccc(SOOO)c3)cc2OCCCS(=O)(=O)O)nc(N2CCC2S(=O)(=O)O)n1. The van der Waals surface area contributed by atoms with Gasteiger partial charge in [-0.3, -0.25) is 18.5 Å². The summed E-state index contributed by atoms with van der Waals surface area (Å²) in [6, 6.07) is 20.3. The monoisotopic (exact) mass is 932 g/mol. The molecule has 326 valence electrons. The van der Waals surface area contributed by atoms with Gasteiger partial charge in [0.15, 0.2) is 11.7 Å². The minimum absolute atomic E-state index is 0.0349. The molecule has 1 fully saturated rings. The molecule has 0 saturated carbocycles. The second-order valence-corrected chi connectivity index (χ2v) is 18.0. The van der Waals surface area contributed by atoms with Crippen LogP contribution in [0.15, 0.2) is 115 Å². The zero-order valence-corrected chi connectivity index (χ0v) is 34.6. The smallest absolute Gasteiger partial charge is 0.294 e. The lowest BCUT2D eigenvalue weighted by atomic mass is 10.2. The summed E-state index contributed by atoms with van der Waals surface area (Å²) in [6.07, 6.45) is 0.448. The van der Waals surface area contributed by atoms with Crippen molar-refractivity contribution in [3.05, 3.63) is 90.5 Å². The first-order valence-electron chi connectivity index (χ1n) is 17.5. The van der Waals surface area contributed by atoms with Crippen LogP contribution in [0.25, 0.3) is 0 Å². The molecule has 1 unspecified atom stereocenters. The number of hydrogen-bond donors (Lipinski definition) is 6. The van der Waals surface area contributed by atoms with Gasteiger partial charge in [0.1, 0.15) is 5.75 Å². The van der Waals surface area contributed by atoms with Crippen LogP contribution in [0.4, 0.5) is 52.0 Å². The van der Waals surface area contributed by atoms with Crippen molar-refractivity contribution in [1.82, 2.24) is 15.0 Å². The molecule has 1 aliphatic heterocycles. The maximum absolute atomic E-state index is 12.2. The van der Waals surface area contributed by atoms with Crippen LogP contribution in [0.3, 0.4) is 0 Å². The Morgan fingerprint density at radius 3 is 1.98 bits per heavy atom. The molecule has 0 aliphatic carbocycles. The summed E-state index contributed by atoms with van der Waals surface area (Å²) in [7, 11) is -13.4. The van der Waals surface area contributed by atoms with Gasteiger partial charge < -0.3 is 20.3 Å². The van der Waals surface area contributed by atoms with Crippen molar-refractivity contribution >= 4 is 101 Å². The van der Waals surface area contributed by atoms with Gasteiger partial charge in [-0.1, -0.05) is 17.2 Å². The van der Waals surface area contributed by atoms with Crippen LogP contribution in [-0.4, -0.2) is 89.7 Å². The Bertz CT molecular complexity index is 2850. The number of benzene rings is 4. The topological polar surface area (TPSA) is 344 Å². The van der Waals surface area contributed by atoms with Crippen molar-refractivity contribution in [2.45, 2.75) is 28.0 Å². The number of rotatable bonds is 20. The van der Waals surface area contributed by atoms with Crippen molar-refractivity contribution in [1.29, 1.82) is 0 Å². The fourth-order valence-corrected chi connectivity index (χ4v) is 7.72. The molecule has 4 aromatic carbocycles. The highest BCUT2D eigenvalue weighted by atomic mass is 32.2. The van der Waals surface area contributed by atoms with Crippen LogP contribution in [0.1, 0.15) is 23.2 Å². The minimum Gasteiger partial charge on any atom is -0.491 e. The van der Waals surface area contributed by atoms with Crippen LogP contribution < -0.4 is 20.3 Å². The Morgan fingerprint density at radius 2 is 1.39 bits per heavy atom. The standard InChI is InChI=1S/C34H32N10O14S4/c45-20-21-16-24(42-41-23-5-2-7-27(18-23)61(50,51)52)8-10-28(21)35-32-37-33(39-34(38-32)44-13-12-31(44)62(53,54)55)36-29-11-9-25(19-30(29)56-14-3-15-60(47,48)49)43-40-22-4-1-6-26(17-22)59-58-57-46/h1-2,4-11,16-20,31,46H,3,12-15H2,(H,47,48,49)(H,50,51,52)(H,53,54,55)(H2,35,36,37,38,39). The molecular weight excluding hydrogens is 901 g/mol. The quantitative estimate of drug-likeness (QED) is 0.00892. The fraction of sp³-hybridized carbons (Fsp3) is 0.176. The molecule has 5 aromatic rings. The Labute approximate surface area is 356 Å². The summed E-state index contributed by atoms with van der Waals surface area (Å²) < 4.78 is 109. The maximum atomic E-state index is 12.2. The highest BCUT2D eigenvalue weighted by Gasteiger charge is 2.40. The third-order valence-corrected chi connectivity index (χ3v) is 11.7.